The van der Waals surface area contributed by atoms with Crippen LogP contribution < -0.4 is 4.90 Å². The second-order valence-corrected chi connectivity index (χ2v) is 5.52. The Morgan fingerprint density at radius 2 is 2.14 bits per heavy atom. The lowest BCUT2D eigenvalue weighted by Gasteiger charge is -2.30. The largest absolute Gasteiger partial charge is 0.326 e. The van der Waals surface area contributed by atoms with Crippen molar-refractivity contribution in [1.82, 2.24) is 4.98 Å². The number of nitrogens with zero attached hydrogens (tertiary/aromatic N) is 2. The van der Waals surface area contributed by atoms with Crippen LogP contribution in [0.2, 0.25) is 0 Å². The molecule has 0 N–H and O–H groups in total. The quantitative estimate of drug-likeness (QED) is 0.795. The molecular weight excluding hydrogens is 260 g/mol. The fourth-order valence-corrected chi connectivity index (χ4v) is 2.94. The first kappa shape index (κ1) is 13.8. The van der Waals surface area contributed by atoms with Crippen LogP contribution in [0.5, 0.6) is 0 Å². The zero-order chi connectivity index (χ0) is 14.8. The Hall–Kier alpha value is -2.16. The van der Waals surface area contributed by atoms with E-state index in [4.69, 9.17) is 0 Å². The Labute approximate surface area is 125 Å². The molecule has 1 aliphatic heterocycles. The zero-order valence-corrected chi connectivity index (χ0v) is 12.6. The summed E-state index contributed by atoms with van der Waals surface area (Å²) in [6.07, 6.45) is 4.51. The number of benzene rings is 1. The molecule has 0 aliphatic carbocycles. The van der Waals surface area contributed by atoms with Crippen molar-refractivity contribution in [3.05, 3.63) is 53.2 Å². The van der Waals surface area contributed by atoms with Gasteiger partial charge in [0.1, 0.15) is 5.82 Å². The summed E-state index contributed by atoms with van der Waals surface area (Å²) in [5.74, 6) is 1.10. The lowest BCUT2D eigenvalue weighted by molar-refractivity contribution is 0.0987. The zero-order valence-electron chi connectivity index (χ0n) is 12.6. The molecule has 0 saturated carbocycles. The Morgan fingerprint density at radius 3 is 2.90 bits per heavy atom. The maximum absolute atomic E-state index is 11.9. The summed E-state index contributed by atoms with van der Waals surface area (Å²) >= 11 is 0. The van der Waals surface area contributed by atoms with Gasteiger partial charge in [0.25, 0.3) is 0 Å². The molecule has 0 amide bonds. The second kappa shape index (κ2) is 5.68. The van der Waals surface area contributed by atoms with Gasteiger partial charge in [-0.3, -0.25) is 4.79 Å². The number of anilines is 2. The van der Waals surface area contributed by atoms with E-state index < -0.39 is 0 Å². The van der Waals surface area contributed by atoms with Crippen molar-refractivity contribution in [2.75, 3.05) is 11.4 Å². The summed E-state index contributed by atoms with van der Waals surface area (Å²) in [5.41, 5.74) is 4.36. The average molecular weight is 280 g/mol. The number of carbonyl (C=O) groups is 1. The van der Waals surface area contributed by atoms with Crippen molar-refractivity contribution in [2.45, 2.75) is 33.1 Å². The molecule has 3 heteroatoms. The van der Waals surface area contributed by atoms with Crippen LogP contribution in [-0.4, -0.2) is 17.3 Å². The van der Waals surface area contributed by atoms with Crippen molar-refractivity contribution < 1.29 is 4.79 Å². The van der Waals surface area contributed by atoms with Crippen LogP contribution in [0, 0.1) is 6.92 Å². The van der Waals surface area contributed by atoms with Gasteiger partial charge in [-0.05, 0) is 43.0 Å². The molecule has 0 unspecified atom stereocenters. The number of ketones is 1. The summed E-state index contributed by atoms with van der Waals surface area (Å²) in [6.45, 7) is 4.85. The third kappa shape index (κ3) is 2.56. The van der Waals surface area contributed by atoms with Gasteiger partial charge >= 0.3 is 0 Å². The van der Waals surface area contributed by atoms with Crippen LogP contribution in [0.3, 0.4) is 0 Å². The summed E-state index contributed by atoms with van der Waals surface area (Å²) in [7, 11) is 0. The number of fused-ring (bicyclic) bond motifs is 1. The van der Waals surface area contributed by atoms with Crippen LogP contribution in [-0.2, 0) is 6.42 Å². The van der Waals surface area contributed by atoms with Crippen LogP contribution in [0.4, 0.5) is 11.5 Å². The molecule has 0 saturated heterocycles. The van der Waals surface area contributed by atoms with Crippen molar-refractivity contribution in [2.24, 2.45) is 0 Å². The molecule has 3 nitrogen and oxygen atoms in total. The molecular formula is C18H20N2O. The van der Waals surface area contributed by atoms with Crippen molar-refractivity contribution in [3.63, 3.8) is 0 Å². The van der Waals surface area contributed by atoms with Crippen LogP contribution in [0.15, 0.2) is 36.5 Å². The molecule has 2 heterocycles. The topological polar surface area (TPSA) is 33.2 Å². The number of pyridine rings is 1. The van der Waals surface area contributed by atoms with Crippen molar-refractivity contribution in [1.29, 1.82) is 0 Å². The van der Waals surface area contributed by atoms with Gasteiger partial charge in [0.15, 0.2) is 5.78 Å². The first-order valence-electron chi connectivity index (χ1n) is 7.56. The van der Waals surface area contributed by atoms with E-state index in [9.17, 15) is 4.79 Å². The number of para-hydroxylation sites is 1. The maximum Gasteiger partial charge on any atom is 0.164 e. The number of carbonyl (C=O) groups excluding carboxylic acids is 1. The first-order valence-corrected chi connectivity index (χ1v) is 7.56. The molecule has 0 atom stereocenters. The summed E-state index contributed by atoms with van der Waals surface area (Å²) in [4.78, 5) is 18.7. The van der Waals surface area contributed by atoms with Crippen molar-refractivity contribution in [3.8, 4) is 0 Å². The highest BCUT2D eigenvalue weighted by Crippen LogP contribution is 2.32. The van der Waals surface area contributed by atoms with E-state index in [1.54, 1.807) is 6.20 Å². The summed E-state index contributed by atoms with van der Waals surface area (Å²) in [6, 6.07) is 10.5. The highest BCUT2D eigenvalue weighted by molar-refractivity contribution is 5.97. The van der Waals surface area contributed by atoms with Crippen LogP contribution in [0.1, 0.15) is 41.3 Å². The Kier molecular flexibility index (Phi) is 3.74. The van der Waals surface area contributed by atoms with Gasteiger partial charge in [0, 0.05) is 30.4 Å². The monoisotopic (exact) mass is 280 g/mol. The summed E-state index contributed by atoms with van der Waals surface area (Å²) < 4.78 is 0. The van der Waals surface area contributed by atoms with Gasteiger partial charge in [-0.15, -0.1) is 0 Å². The predicted octanol–water partition coefficient (Wildman–Crippen LogP) is 4.07. The average Bonchev–Trinajstić information content (AvgIpc) is 2.53. The fourth-order valence-electron chi connectivity index (χ4n) is 2.94. The standard InChI is InChI=1S/C18H20N2O/c1-3-17(21)15-12-19-18(11-13(15)2)20-10-6-8-14-7-4-5-9-16(14)20/h4-5,7,9,11-12H,3,6,8,10H2,1-2H3. The summed E-state index contributed by atoms with van der Waals surface area (Å²) in [5, 5.41) is 0. The van der Waals surface area contributed by atoms with Crippen molar-refractivity contribution >= 4 is 17.3 Å². The highest BCUT2D eigenvalue weighted by Gasteiger charge is 2.19. The third-order valence-electron chi connectivity index (χ3n) is 4.10. The van der Waals surface area contributed by atoms with Gasteiger partial charge in [0.05, 0.1) is 0 Å². The number of rotatable bonds is 3. The molecule has 1 aromatic carbocycles. The Bertz CT molecular complexity index is 679. The lowest BCUT2D eigenvalue weighted by atomic mass is 10.0. The van der Waals surface area contributed by atoms with E-state index in [-0.39, 0.29) is 5.78 Å². The van der Waals surface area contributed by atoms with Gasteiger partial charge in [-0.25, -0.2) is 4.98 Å². The number of aryl methyl sites for hydroxylation is 2. The second-order valence-electron chi connectivity index (χ2n) is 5.52. The van der Waals surface area contributed by atoms with Gasteiger partial charge in [-0.2, -0.15) is 0 Å². The SMILES string of the molecule is CCC(=O)c1cnc(N2CCCc3ccccc32)cc1C. The highest BCUT2D eigenvalue weighted by atomic mass is 16.1. The molecule has 21 heavy (non-hydrogen) atoms. The number of aromatic nitrogens is 1. The van der Waals surface area contributed by atoms with E-state index in [0.717, 1.165) is 36.3 Å². The van der Waals surface area contributed by atoms with E-state index >= 15 is 0 Å². The van der Waals surface area contributed by atoms with E-state index in [1.165, 1.54) is 11.3 Å². The minimum atomic E-state index is 0.158. The Morgan fingerprint density at radius 1 is 1.33 bits per heavy atom. The molecule has 0 fully saturated rings. The van der Waals surface area contributed by atoms with E-state index in [1.807, 2.05) is 19.9 Å². The minimum absolute atomic E-state index is 0.158. The molecule has 0 bridgehead atoms. The van der Waals surface area contributed by atoms with Crippen LogP contribution >= 0.6 is 0 Å². The minimum Gasteiger partial charge on any atom is -0.326 e. The molecule has 2 aromatic rings. The smallest absolute Gasteiger partial charge is 0.164 e. The molecule has 108 valence electrons. The number of hydrogen-bond donors (Lipinski definition) is 0. The normalized spacial score (nSPS) is 13.9. The fraction of sp³-hybridized carbons (Fsp3) is 0.333. The van der Waals surface area contributed by atoms with Gasteiger partial charge in [0.2, 0.25) is 0 Å². The van der Waals surface area contributed by atoms with Gasteiger partial charge < -0.3 is 4.90 Å². The molecule has 0 spiro atoms. The van der Waals surface area contributed by atoms with Crippen LogP contribution in [0.25, 0.3) is 0 Å². The Balaban J connectivity index is 1.99. The predicted molar refractivity (Wildman–Crippen MR) is 85.4 cm³/mol. The molecule has 0 radical (unpaired) electrons. The molecule has 1 aliphatic rings. The number of Topliss-reactive ketones (excluding diaryl/α,β-unsaturated/α-hetero) is 1. The van der Waals surface area contributed by atoms with E-state index in [0.29, 0.717) is 6.42 Å². The molecule has 1 aromatic heterocycles. The first-order chi connectivity index (χ1) is 10.2. The van der Waals surface area contributed by atoms with E-state index in [2.05, 4.69) is 34.1 Å². The van der Waals surface area contributed by atoms with Gasteiger partial charge in [-0.1, -0.05) is 25.1 Å². The number of hydrogen-bond acceptors (Lipinski definition) is 3. The molecule has 3 rings (SSSR count). The lowest BCUT2D eigenvalue weighted by Crippen LogP contribution is -2.25. The third-order valence-corrected chi connectivity index (χ3v) is 4.10. The maximum atomic E-state index is 11.9.